The van der Waals surface area contributed by atoms with Crippen LogP contribution < -0.4 is 25.8 Å². The van der Waals surface area contributed by atoms with Crippen molar-refractivity contribution in [1.29, 1.82) is 0 Å². The smallest absolute Gasteiger partial charge is 0.294 e. The Labute approximate surface area is 188 Å². The molecule has 9 nitrogen and oxygen atoms in total. The molecule has 2 aromatic carbocycles. The molecule has 0 atom stereocenters. The fraction of sp³-hybridized carbons (Fsp3) is 0.182. The van der Waals surface area contributed by atoms with Crippen molar-refractivity contribution in [2.75, 3.05) is 13.7 Å². The number of hydrogen-bond donors (Lipinski definition) is 2. The van der Waals surface area contributed by atoms with Crippen molar-refractivity contribution in [3.8, 4) is 17.2 Å². The molecule has 0 unspecified atom stereocenters. The molecule has 0 aliphatic rings. The van der Waals surface area contributed by atoms with Gasteiger partial charge in [-0.1, -0.05) is 11.6 Å². The van der Waals surface area contributed by atoms with Crippen LogP contribution in [0, 0.1) is 6.92 Å². The van der Waals surface area contributed by atoms with E-state index in [1.54, 1.807) is 37.3 Å². The number of methoxy groups -OCH3 is 1. The maximum atomic E-state index is 12.5. The van der Waals surface area contributed by atoms with Gasteiger partial charge in [-0.3, -0.25) is 25.2 Å². The molecule has 3 aromatic rings. The molecule has 1 heterocycles. The third-order valence-electron chi connectivity index (χ3n) is 4.41. The Morgan fingerprint density at radius 1 is 1.03 bits per heavy atom. The summed E-state index contributed by atoms with van der Waals surface area (Å²) in [6, 6.07) is 12.6. The van der Waals surface area contributed by atoms with E-state index >= 15 is 0 Å². The van der Waals surface area contributed by atoms with E-state index in [9.17, 15) is 14.4 Å². The first-order valence-electron chi connectivity index (χ1n) is 9.62. The standard InChI is InChI=1S/C22H21ClN4O5/c1-4-32-18-10-5-14(12-19(18)31-3)21(29)24-25-22(30)20-17(28)11-13(2)27(26-20)16-8-6-15(23)7-9-16/h5-12H,4H2,1-3H3,(H,24,29)(H,25,30). The van der Waals surface area contributed by atoms with E-state index in [0.29, 0.717) is 34.5 Å². The summed E-state index contributed by atoms with van der Waals surface area (Å²) >= 11 is 5.91. The van der Waals surface area contributed by atoms with Crippen LogP contribution in [0.4, 0.5) is 0 Å². The van der Waals surface area contributed by atoms with Gasteiger partial charge in [0.1, 0.15) is 0 Å². The third kappa shape index (κ3) is 5.06. The predicted octanol–water partition coefficient (Wildman–Crippen LogP) is 2.68. The predicted molar refractivity (Wildman–Crippen MR) is 119 cm³/mol. The minimum absolute atomic E-state index is 0.223. The number of amides is 2. The first kappa shape index (κ1) is 22.8. The molecule has 0 saturated carbocycles. The van der Waals surface area contributed by atoms with E-state index in [2.05, 4.69) is 16.0 Å². The lowest BCUT2D eigenvalue weighted by molar-refractivity contribution is 0.0842. The van der Waals surface area contributed by atoms with Crippen LogP contribution in [-0.2, 0) is 0 Å². The highest BCUT2D eigenvalue weighted by Crippen LogP contribution is 2.27. The molecule has 0 aliphatic heterocycles. The van der Waals surface area contributed by atoms with Crippen LogP contribution in [0.5, 0.6) is 11.5 Å². The molecule has 32 heavy (non-hydrogen) atoms. The molecule has 0 spiro atoms. The topological polar surface area (TPSA) is 112 Å². The Hall–Kier alpha value is -3.85. The van der Waals surface area contributed by atoms with Crippen LogP contribution in [0.25, 0.3) is 5.69 Å². The maximum Gasteiger partial charge on any atom is 0.294 e. The van der Waals surface area contributed by atoms with E-state index in [1.165, 1.54) is 30.0 Å². The van der Waals surface area contributed by atoms with Crippen LogP contribution in [0.15, 0.2) is 53.3 Å². The molecule has 1 aromatic heterocycles. The minimum atomic E-state index is -0.857. The molecule has 0 fully saturated rings. The summed E-state index contributed by atoms with van der Waals surface area (Å²) in [6.45, 7) is 3.95. The number of ether oxygens (including phenoxy) is 2. The summed E-state index contributed by atoms with van der Waals surface area (Å²) in [5, 5.41) is 4.68. The highest BCUT2D eigenvalue weighted by Gasteiger charge is 2.17. The molecule has 0 radical (unpaired) electrons. The van der Waals surface area contributed by atoms with Crippen molar-refractivity contribution in [1.82, 2.24) is 20.6 Å². The van der Waals surface area contributed by atoms with Gasteiger partial charge < -0.3 is 9.47 Å². The normalized spacial score (nSPS) is 10.4. The number of carbonyl (C=O) groups is 2. The number of nitrogens with zero attached hydrogens (tertiary/aromatic N) is 2. The van der Waals surface area contributed by atoms with Crippen molar-refractivity contribution < 1.29 is 19.1 Å². The Morgan fingerprint density at radius 2 is 1.72 bits per heavy atom. The monoisotopic (exact) mass is 456 g/mol. The third-order valence-corrected chi connectivity index (χ3v) is 4.66. The van der Waals surface area contributed by atoms with Gasteiger partial charge in [0.25, 0.3) is 11.8 Å². The lowest BCUT2D eigenvalue weighted by Gasteiger charge is -2.13. The van der Waals surface area contributed by atoms with Gasteiger partial charge >= 0.3 is 0 Å². The quantitative estimate of drug-likeness (QED) is 0.551. The van der Waals surface area contributed by atoms with E-state index in [1.807, 2.05) is 6.92 Å². The van der Waals surface area contributed by atoms with E-state index < -0.39 is 17.2 Å². The molecule has 3 rings (SSSR count). The van der Waals surface area contributed by atoms with Crippen LogP contribution in [-0.4, -0.2) is 35.3 Å². The summed E-state index contributed by atoms with van der Waals surface area (Å²) in [5.74, 6) is -0.604. The number of rotatable bonds is 6. The zero-order valence-electron chi connectivity index (χ0n) is 17.6. The van der Waals surface area contributed by atoms with Crippen molar-refractivity contribution in [3.05, 3.63) is 80.7 Å². The molecule has 2 amide bonds. The van der Waals surface area contributed by atoms with Crippen LogP contribution in [0.3, 0.4) is 0 Å². The summed E-state index contributed by atoms with van der Waals surface area (Å²) in [5.41, 5.74) is 4.89. The maximum absolute atomic E-state index is 12.5. The number of aromatic nitrogens is 2. The first-order chi connectivity index (χ1) is 15.3. The van der Waals surface area contributed by atoms with Gasteiger partial charge in [0.15, 0.2) is 17.2 Å². The lowest BCUT2D eigenvalue weighted by Crippen LogP contribution is -2.44. The van der Waals surface area contributed by atoms with E-state index in [-0.39, 0.29) is 11.3 Å². The van der Waals surface area contributed by atoms with Gasteiger partial charge in [0.2, 0.25) is 5.43 Å². The van der Waals surface area contributed by atoms with Gasteiger partial charge in [-0.25, -0.2) is 4.68 Å². The van der Waals surface area contributed by atoms with E-state index in [0.717, 1.165) is 0 Å². The number of halogens is 1. The Bertz CT molecular complexity index is 1210. The van der Waals surface area contributed by atoms with Gasteiger partial charge in [-0.15, -0.1) is 0 Å². The SMILES string of the molecule is CCOc1ccc(C(=O)NNC(=O)c2nn(-c3ccc(Cl)cc3)c(C)cc2=O)cc1OC. The number of carbonyl (C=O) groups excluding carboxylic acids is 2. The zero-order chi connectivity index (χ0) is 23.3. The Balaban J connectivity index is 1.77. The largest absolute Gasteiger partial charge is 0.493 e. The summed E-state index contributed by atoms with van der Waals surface area (Å²) in [7, 11) is 1.45. The number of hydrazine groups is 1. The van der Waals surface area contributed by atoms with Crippen molar-refractivity contribution >= 4 is 23.4 Å². The molecule has 2 N–H and O–H groups in total. The zero-order valence-corrected chi connectivity index (χ0v) is 18.4. The molecule has 166 valence electrons. The van der Waals surface area contributed by atoms with Gasteiger partial charge in [0.05, 0.1) is 19.4 Å². The Kier molecular flexibility index (Phi) is 7.11. The lowest BCUT2D eigenvalue weighted by atomic mass is 10.2. The second-order valence-corrected chi connectivity index (χ2v) is 7.03. The second-order valence-electron chi connectivity index (χ2n) is 6.59. The first-order valence-corrected chi connectivity index (χ1v) is 10.00. The van der Waals surface area contributed by atoms with Gasteiger partial charge in [-0.05, 0) is 56.3 Å². The highest BCUT2D eigenvalue weighted by atomic mass is 35.5. The molecule has 0 bridgehead atoms. The van der Waals surface area contributed by atoms with Crippen LogP contribution >= 0.6 is 11.6 Å². The average molecular weight is 457 g/mol. The summed E-state index contributed by atoms with van der Waals surface area (Å²) in [6.07, 6.45) is 0. The molecule has 10 heteroatoms. The molecular formula is C22H21ClN4O5. The van der Waals surface area contributed by atoms with Crippen molar-refractivity contribution in [2.45, 2.75) is 13.8 Å². The molecule has 0 aliphatic carbocycles. The van der Waals surface area contributed by atoms with Crippen molar-refractivity contribution in [2.24, 2.45) is 0 Å². The van der Waals surface area contributed by atoms with Gasteiger partial charge in [-0.2, -0.15) is 5.10 Å². The second kappa shape index (κ2) is 9.97. The summed E-state index contributed by atoms with van der Waals surface area (Å²) in [4.78, 5) is 37.3. The highest BCUT2D eigenvalue weighted by molar-refractivity contribution is 6.30. The fourth-order valence-electron chi connectivity index (χ4n) is 2.88. The minimum Gasteiger partial charge on any atom is -0.493 e. The number of hydrogen-bond acceptors (Lipinski definition) is 6. The molecule has 0 saturated heterocycles. The number of aryl methyl sites for hydroxylation is 1. The van der Waals surface area contributed by atoms with E-state index in [4.69, 9.17) is 21.1 Å². The Morgan fingerprint density at radius 3 is 2.38 bits per heavy atom. The number of nitrogens with one attached hydrogen (secondary N) is 2. The van der Waals surface area contributed by atoms with Crippen LogP contribution in [0.2, 0.25) is 5.02 Å². The van der Waals surface area contributed by atoms with Gasteiger partial charge in [0, 0.05) is 22.3 Å². The average Bonchev–Trinajstić information content (AvgIpc) is 2.78. The summed E-state index contributed by atoms with van der Waals surface area (Å²) < 4.78 is 12.1. The van der Waals surface area contributed by atoms with Crippen LogP contribution in [0.1, 0.15) is 33.5 Å². The molecular weight excluding hydrogens is 436 g/mol. The number of benzene rings is 2. The fourth-order valence-corrected chi connectivity index (χ4v) is 3.00. The van der Waals surface area contributed by atoms with Crippen molar-refractivity contribution in [3.63, 3.8) is 0 Å².